The molecule has 0 aliphatic carbocycles. The van der Waals surface area contributed by atoms with Crippen molar-refractivity contribution in [3.63, 3.8) is 0 Å². The molecular formula is C14H20N4. The Hall–Kier alpha value is -1.68. The van der Waals surface area contributed by atoms with E-state index < -0.39 is 0 Å². The molecule has 2 aromatic rings. The molecule has 0 spiro atoms. The molecular weight excluding hydrogens is 224 g/mol. The molecule has 0 amide bonds. The second kappa shape index (κ2) is 5.31. The highest BCUT2D eigenvalue weighted by Gasteiger charge is 2.07. The van der Waals surface area contributed by atoms with Crippen molar-refractivity contribution in [3.05, 3.63) is 30.6 Å². The lowest BCUT2D eigenvalue weighted by Gasteiger charge is -2.20. The lowest BCUT2D eigenvalue weighted by molar-refractivity contribution is 0.435. The van der Waals surface area contributed by atoms with Gasteiger partial charge in [0.05, 0.1) is 11.0 Å². The van der Waals surface area contributed by atoms with Crippen LogP contribution in [0, 0.1) is 0 Å². The average Bonchev–Trinajstić information content (AvgIpc) is 2.33. The number of rotatable bonds is 4. The number of hydrogen-bond acceptors (Lipinski definition) is 4. The van der Waals surface area contributed by atoms with Gasteiger partial charge in [-0.2, -0.15) is 0 Å². The van der Waals surface area contributed by atoms with Crippen LogP contribution in [0.3, 0.4) is 0 Å². The number of benzene rings is 1. The Balaban J connectivity index is 1.92. The minimum Gasteiger partial charge on any atom is -0.384 e. The summed E-state index contributed by atoms with van der Waals surface area (Å²) in [4.78, 5) is 8.54. The van der Waals surface area contributed by atoms with Gasteiger partial charge in [0.2, 0.25) is 0 Å². The lowest BCUT2D eigenvalue weighted by atomic mass is 10.1. The van der Waals surface area contributed by atoms with E-state index in [1.807, 2.05) is 18.2 Å². The maximum absolute atomic E-state index is 4.29. The molecule has 0 aliphatic rings. The standard InChI is InChI=1S/C14H20N4/c1-14(2,3)18-9-8-15-11-4-5-12-13(10-11)17-7-6-16-12/h4-7,10,15,18H,8-9H2,1-3H3. The number of nitrogens with zero attached hydrogens (tertiary/aromatic N) is 2. The van der Waals surface area contributed by atoms with Gasteiger partial charge >= 0.3 is 0 Å². The fourth-order valence-corrected chi connectivity index (χ4v) is 1.72. The van der Waals surface area contributed by atoms with Gasteiger partial charge in [-0.15, -0.1) is 0 Å². The Kier molecular flexibility index (Phi) is 3.77. The van der Waals surface area contributed by atoms with Gasteiger partial charge in [0, 0.05) is 36.7 Å². The van der Waals surface area contributed by atoms with Crippen LogP contribution in [0.4, 0.5) is 5.69 Å². The van der Waals surface area contributed by atoms with Crippen molar-refractivity contribution in [2.24, 2.45) is 0 Å². The zero-order valence-corrected chi connectivity index (χ0v) is 11.2. The van der Waals surface area contributed by atoms with E-state index in [-0.39, 0.29) is 5.54 Å². The van der Waals surface area contributed by atoms with Crippen molar-refractivity contribution < 1.29 is 0 Å². The molecule has 0 aliphatic heterocycles. The fraction of sp³-hybridized carbons (Fsp3) is 0.429. The summed E-state index contributed by atoms with van der Waals surface area (Å²) < 4.78 is 0. The number of hydrogen-bond donors (Lipinski definition) is 2. The summed E-state index contributed by atoms with van der Waals surface area (Å²) in [5.74, 6) is 0. The summed E-state index contributed by atoms with van der Waals surface area (Å²) in [6.45, 7) is 8.32. The van der Waals surface area contributed by atoms with E-state index in [0.29, 0.717) is 0 Å². The molecule has 0 fully saturated rings. The van der Waals surface area contributed by atoms with Crippen LogP contribution >= 0.6 is 0 Å². The fourth-order valence-electron chi connectivity index (χ4n) is 1.72. The van der Waals surface area contributed by atoms with Crippen LogP contribution in [0.2, 0.25) is 0 Å². The van der Waals surface area contributed by atoms with Gasteiger partial charge in [0.25, 0.3) is 0 Å². The third-order valence-corrected chi connectivity index (χ3v) is 2.58. The van der Waals surface area contributed by atoms with Crippen LogP contribution in [0.15, 0.2) is 30.6 Å². The summed E-state index contributed by atoms with van der Waals surface area (Å²) in [6.07, 6.45) is 3.43. The van der Waals surface area contributed by atoms with Gasteiger partial charge in [-0.05, 0) is 39.0 Å². The van der Waals surface area contributed by atoms with Gasteiger partial charge in [0.1, 0.15) is 0 Å². The Labute approximate surface area is 108 Å². The Morgan fingerprint density at radius 1 is 1.00 bits per heavy atom. The lowest BCUT2D eigenvalue weighted by Crippen LogP contribution is -2.38. The number of anilines is 1. The first-order valence-electron chi connectivity index (χ1n) is 6.24. The Morgan fingerprint density at radius 2 is 1.72 bits per heavy atom. The number of fused-ring (bicyclic) bond motifs is 1. The van der Waals surface area contributed by atoms with E-state index in [2.05, 4.69) is 41.4 Å². The second-order valence-corrected chi connectivity index (χ2v) is 5.36. The molecule has 1 heterocycles. The molecule has 2 rings (SSSR count). The predicted molar refractivity (Wildman–Crippen MR) is 75.8 cm³/mol. The molecule has 18 heavy (non-hydrogen) atoms. The van der Waals surface area contributed by atoms with Crippen molar-refractivity contribution in [3.8, 4) is 0 Å². The van der Waals surface area contributed by atoms with E-state index in [0.717, 1.165) is 29.8 Å². The largest absolute Gasteiger partial charge is 0.384 e. The van der Waals surface area contributed by atoms with E-state index >= 15 is 0 Å². The maximum atomic E-state index is 4.29. The minimum atomic E-state index is 0.163. The first kappa shape index (κ1) is 12.8. The molecule has 0 saturated carbocycles. The van der Waals surface area contributed by atoms with Gasteiger partial charge in [-0.25, -0.2) is 0 Å². The minimum absolute atomic E-state index is 0.163. The van der Waals surface area contributed by atoms with Crippen LogP contribution in [0.1, 0.15) is 20.8 Å². The molecule has 0 saturated heterocycles. The summed E-state index contributed by atoms with van der Waals surface area (Å²) >= 11 is 0. The molecule has 0 radical (unpaired) electrons. The quantitative estimate of drug-likeness (QED) is 0.811. The van der Waals surface area contributed by atoms with Crippen molar-refractivity contribution in [2.45, 2.75) is 26.3 Å². The molecule has 0 atom stereocenters. The summed E-state index contributed by atoms with van der Waals surface area (Å²) in [5, 5.41) is 6.82. The highest BCUT2D eigenvalue weighted by Crippen LogP contribution is 2.14. The topological polar surface area (TPSA) is 49.8 Å². The zero-order valence-electron chi connectivity index (χ0n) is 11.2. The van der Waals surface area contributed by atoms with Gasteiger partial charge in [-0.3, -0.25) is 9.97 Å². The van der Waals surface area contributed by atoms with E-state index in [1.54, 1.807) is 12.4 Å². The molecule has 0 bridgehead atoms. The molecule has 1 aromatic carbocycles. The molecule has 1 aromatic heterocycles. The smallest absolute Gasteiger partial charge is 0.0907 e. The third kappa shape index (κ3) is 3.67. The predicted octanol–water partition coefficient (Wildman–Crippen LogP) is 2.43. The zero-order chi connectivity index (χ0) is 13.0. The monoisotopic (exact) mass is 244 g/mol. The summed E-state index contributed by atoms with van der Waals surface area (Å²) in [7, 11) is 0. The average molecular weight is 244 g/mol. The Bertz CT molecular complexity index is 516. The van der Waals surface area contributed by atoms with Gasteiger partial charge in [-0.1, -0.05) is 0 Å². The van der Waals surface area contributed by atoms with Crippen LogP contribution < -0.4 is 10.6 Å². The Morgan fingerprint density at radius 3 is 2.44 bits per heavy atom. The highest BCUT2D eigenvalue weighted by atomic mass is 15.0. The van der Waals surface area contributed by atoms with Gasteiger partial charge in [0.15, 0.2) is 0 Å². The van der Waals surface area contributed by atoms with Crippen LogP contribution in [0.25, 0.3) is 11.0 Å². The van der Waals surface area contributed by atoms with Crippen LogP contribution in [-0.4, -0.2) is 28.6 Å². The van der Waals surface area contributed by atoms with E-state index in [4.69, 9.17) is 0 Å². The van der Waals surface area contributed by atoms with Crippen molar-refractivity contribution in [2.75, 3.05) is 18.4 Å². The number of nitrogens with one attached hydrogen (secondary N) is 2. The van der Waals surface area contributed by atoms with Crippen LogP contribution in [0.5, 0.6) is 0 Å². The molecule has 0 unspecified atom stereocenters. The van der Waals surface area contributed by atoms with Crippen molar-refractivity contribution >= 4 is 16.7 Å². The van der Waals surface area contributed by atoms with E-state index in [9.17, 15) is 0 Å². The first-order valence-corrected chi connectivity index (χ1v) is 6.24. The SMILES string of the molecule is CC(C)(C)NCCNc1ccc2nccnc2c1. The van der Waals surface area contributed by atoms with Crippen LogP contribution in [-0.2, 0) is 0 Å². The molecule has 2 N–H and O–H groups in total. The second-order valence-electron chi connectivity index (χ2n) is 5.36. The van der Waals surface area contributed by atoms with Crippen molar-refractivity contribution in [1.82, 2.24) is 15.3 Å². The molecule has 4 nitrogen and oxygen atoms in total. The van der Waals surface area contributed by atoms with E-state index in [1.165, 1.54) is 0 Å². The summed E-state index contributed by atoms with van der Waals surface area (Å²) in [5.41, 5.74) is 3.09. The normalized spacial score (nSPS) is 11.7. The molecule has 4 heteroatoms. The third-order valence-electron chi connectivity index (χ3n) is 2.58. The maximum Gasteiger partial charge on any atom is 0.0907 e. The van der Waals surface area contributed by atoms with Crippen molar-refractivity contribution in [1.29, 1.82) is 0 Å². The highest BCUT2D eigenvalue weighted by molar-refractivity contribution is 5.78. The number of aromatic nitrogens is 2. The molecule has 96 valence electrons. The van der Waals surface area contributed by atoms with Gasteiger partial charge < -0.3 is 10.6 Å². The summed E-state index contributed by atoms with van der Waals surface area (Å²) in [6, 6.07) is 6.05. The first-order chi connectivity index (χ1) is 8.54.